The van der Waals surface area contributed by atoms with Crippen molar-refractivity contribution < 1.29 is 23.8 Å². The molecule has 1 aromatic carbocycles. The highest BCUT2D eigenvalue weighted by molar-refractivity contribution is 5.73. The van der Waals surface area contributed by atoms with E-state index in [1.54, 1.807) is 30.9 Å². The van der Waals surface area contributed by atoms with Crippen LogP contribution in [0.5, 0.6) is 5.75 Å². The summed E-state index contributed by atoms with van der Waals surface area (Å²) < 4.78 is 19.3. The van der Waals surface area contributed by atoms with Crippen LogP contribution < -0.4 is 4.74 Å². The van der Waals surface area contributed by atoms with Gasteiger partial charge in [-0.05, 0) is 43.5 Å². The molecule has 1 N–H and O–H groups in total. The summed E-state index contributed by atoms with van der Waals surface area (Å²) in [5.74, 6) is 0.189. The minimum atomic E-state index is -1.25. The Morgan fingerprint density at radius 3 is 2.37 bits per heavy atom. The van der Waals surface area contributed by atoms with Crippen LogP contribution in [0.25, 0.3) is 0 Å². The van der Waals surface area contributed by atoms with Crippen molar-refractivity contribution in [1.82, 2.24) is 14.7 Å². The van der Waals surface area contributed by atoms with E-state index >= 15 is 0 Å². The molecule has 30 heavy (non-hydrogen) atoms. The lowest BCUT2D eigenvalue weighted by Gasteiger charge is -2.40. The number of nitrogens with zero attached hydrogens (tertiary/aromatic N) is 3. The molecule has 2 aliphatic rings. The highest BCUT2D eigenvalue weighted by Crippen LogP contribution is 2.24. The molecule has 0 aromatic heterocycles. The number of β-amino-alcohol motifs (C(OH)–C–C–N with tert-alkyl or cyclic N) is 1. The lowest BCUT2D eigenvalue weighted by atomic mass is 9.99. The second-order valence-electron chi connectivity index (χ2n) is 8.57. The predicted octanol–water partition coefficient (Wildman–Crippen LogP) is 1.42. The molecular weight excluding hydrogens is 389 g/mol. The molecule has 0 saturated carbocycles. The first-order chi connectivity index (χ1) is 14.2. The van der Waals surface area contributed by atoms with Gasteiger partial charge in [-0.15, -0.1) is 0 Å². The lowest BCUT2D eigenvalue weighted by Crippen LogP contribution is -2.54. The molecule has 166 valence electrons. The second kappa shape index (κ2) is 9.31. The molecular formula is C22H32FN3O4. The summed E-state index contributed by atoms with van der Waals surface area (Å²) in [6.07, 6.45) is 1.68. The first kappa shape index (κ1) is 22.5. The molecule has 2 aliphatic heterocycles. The van der Waals surface area contributed by atoms with Crippen molar-refractivity contribution >= 4 is 11.8 Å². The molecule has 2 saturated heterocycles. The van der Waals surface area contributed by atoms with Crippen LogP contribution in [-0.4, -0.2) is 89.1 Å². The normalized spacial score (nSPS) is 23.9. The van der Waals surface area contributed by atoms with Crippen LogP contribution in [0.2, 0.25) is 0 Å². The standard InChI is InChI=1S/C22H32FN3O4/c1-16-12-20(4-5-21(16)23)30-15-22(29)13-25(18(3)28)10-11-26(14-22)19-6-8-24(9-7-19)17(2)27/h4-5,12,19,29H,6-11,13-15H2,1-3H3. The molecule has 7 nitrogen and oxygen atoms in total. The van der Waals surface area contributed by atoms with Crippen molar-refractivity contribution in [3.8, 4) is 5.75 Å². The highest BCUT2D eigenvalue weighted by Gasteiger charge is 2.39. The molecule has 0 bridgehead atoms. The quantitative estimate of drug-likeness (QED) is 0.796. The van der Waals surface area contributed by atoms with Gasteiger partial charge < -0.3 is 19.6 Å². The Labute approximate surface area is 177 Å². The van der Waals surface area contributed by atoms with E-state index in [1.165, 1.54) is 13.0 Å². The van der Waals surface area contributed by atoms with Crippen molar-refractivity contribution in [2.75, 3.05) is 45.9 Å². The first-order valence-corrected chi connectivity index (χ1v) is 10.5. The number of likely N-dealkylation sites (tertiary alicyclic amines) is 1. The Bertz CT molecular complexity index is 782. The van der Waals surface area contributed by atoms with E-state index in [0.717, 1.165) is 12.8 Å². The van der Waals surface area contributed by atoms with Crippen molar-refractivity contribution in [3.05, 3.63) is 29.6 Å². The van der Waals surface area contributed by atoms with E-state index in [-0.39, 0.29) is 36.8 Å². The summed E-state index contributed by atoms with van der Waals surface area (Å²) in [6, 6.07) is 4.74. The Morgan fingerprint density at radius 2 is 1.77 bits per heavy atom. The fourth-order valence-electron chi connectivity index (χ4n) is 4.33. The molecule has 0 radical (unpaired) electrons. The minimum Gasteiger partial charge on any atom is -0.490 e. The fraction of sp³-hybridized carbons (Fsp3) is 0.636. The maximum Gasteiger partial charge on any atom is 0.219 e. The minimum absolute atomic E-state index is 0.00461. The van der Waals surface area contributed by atoms with Gasteiger partial charge in [-0.25, -0.2) is 4.39 Å². The van der Waals surface area contributed by atoms with Crippen LogP contribution in [-0.2, 0) is 9.59 Å². The number of aryl methyl sites for hydroxylation is 1. The van der Waals surface area contributed by atoms with Gasteiger partial charge in [0.1, 0.15) is 23.8 Å². The van der Waals surface area contributed by atoms with Crippen molar-refractivity contribution in [1.29, 1.82) is 0 Å². The number of hydrogen-bond acceptors (Lipinski definition) is 5. The van der Waals surface area contributed by atoms with Gasteiger partial charge in [-0.1, -0.05) is 0 Å². The number of piperidine rings is 1. The SMILES string of the molecule is CC(=O)N1CCC(N2CCN(C(C)=O)CC(O)(COc3ccc(F)c(C)c3)C2)CC1. The highest BCUT2D eigenvalue weighted by atomic mass is 19.1. The molecule has 0 aliphatic carbocycles. The molecule has 2 fully saturated rings. The number of amides is 2. The number of carbonyl (C=O) groups is 2. The van der Waals surface area contributed by atoms with E-state index < -0.39 is 5.60 Å². The topological polar surface area (TPSA) is 73.3 Å². The zero-order chi connectivity index (χ0) is 21.9. The molecule has 8 heteroatoms. The number of aliphatic hydroxyl groups is 1. The van der Waals surface area contributed by atoms with E-state index in [1.807, 2.05) is 4.90 Å². The molecule has 1 aromatic rings. The molecule has 1 unspecified atom stereocenters. The second-order valence-corrected chi connectivity index (χ2v) is 8.57. The molecule has 0 spiro atoms. The average molecular weight is 422 g/mol. The lowest BCUT2D eigenvalue weighted by molar-refractivity contribution is -0.132. The number of carbonyl (C=O) groups excluding carboxylic acids is 2. The summed E-state index contributed by atoms with van der Waals surface area (Å²) in [7, 11) is 0. The number of hydrogen-bond donors (Lipinski definition) is 1. The zero-order valence-corrected chi connectivity index (χ0v) is 18.1. The van der Waals surface area contributed by atoms with Gasteiger partial charge in [-0.3, -0.25) is 14.5 Å². The van der Waals surface area contributed by atoms with E-state index in [4.69, 9.17) is 4.74 Å². The number of ether oxygens (including phenoxy) is 1. The molecule has 2 heterocycles. The van der Waals surface area contributed by atoms with Gasteiger partial charge in [0.25, 0.3) is 0 Å². The van der Waals surface area contributed by atoms with Gasteiger partial charge in [0, 0.05) is 52.6 Å². The van der Waals surface area contributed by atoms with E-state index in [9.17, 15) is 19.1 Å². The Kier molecular flexibility index (Phi) is 6.98. The molecule has 2 amide bonds. The Balaban J connectivity index is 1.70. The Hall–Kier alpha value is -2.19. The van der Waals surface area contributed by atoms with Gasteiger partial charge in [-0.2, -0.15) is 0 Å². The molecule has 1 atom stereocenters. The first-order valence-electron chi connectivity index (χ1n) is 10.5. The Morgan fingerprint density at radius 1 is 1.10 bits per heavy atom. The number of halogens is 1. The summed E-state index contributed by atoms with van der Waals surface area (Å²) in [5.41, 5.74) is -0.771. The van der Waals surface area contributed by atoms with Crippen LogP contribution in [0.4, 0.5) is 4.39 Å². The fourth-order valence-corrected chi connectivity index (χ4v) is 4.33. The van der Waals surface area contributed by atoms with Gasteiger partial charge in [0.05, 0.1) is 6.54 Å². The van der Waals surface area contributed by atoms with E-state index in [0.29, 0.717) is 44.0 Å². The zero-order valence-electron chi connectivity index (χ0n) is 18.1. The van der Waals surface area contributed by atoms with Crippen molar-refractivity contribution in [3.63, 3.8) is 0 Å². The average Bonchev–Trinajstić information content (AvgIpc) is 2.89. The van der Waals surface area contributed by atoms with Gasteiger partial charge in [0.2, 0.25) is 11.8 Å². The number of benzene rings is 1. The van der Waals surface area contributed by atoms with Gasteiger partial charge >= 0.3 is 0 Å². The largest absolute Gasteiger partial charge is 0.490 e. The van der Waals surface area contributed by atoms with Crippen LogP contribution in [0, 0.1) is 12.7 Å². The third-order valence-corrected chi connectivity index (χ3v) is 6.15. The smallest absolute Gasteiger partial charge is 0.219 e. The van der Waals surface area contributed by atoms with Crippen molar-refractivity contribution in [2.24, 2.45) is 0 Å². The predicted molar refractivity (Wildman–Crippen MR) is 111 cm³/mol. The third-order valence-electron chi connectivity index (χ3n) is 6.15. The summed E-state index contributed by atoms with van der Waals surface area (Å²) in [5, 5.41) is 11.4. The van der Waals surface area contributed by atoms with Crippen LogP contribution >= 0.6 is 0 Å². The van der Waals surface area contributed by atoms with Gasteiger partial charge in [0.15, 0.2) is 0 Å². The molecule has 3 rings (SSSR count). The maximum atomic E-state index is 13.5. The number of rotatable bonds is 4. The maximum absolute atomic E-state index is 13.5. The van der Waals surface area contributed by atoms with Crippen LogP contribution in [0.15, 0.2) is 18.2 Å². The monoisotopic (exact) mass is 421 g/mol. The summed E-state index contributed by atoms with van der Waals surface area (Å²) in [4.78, 5) is 29.4. The third kappa shape index (κ3) is 5.49. The van der Waals surface area contributed by atoms with E-state index in [2.05, 4.69) is 4.90 Å². The summed E-state index contributed by atoms with van der Waals surface area (Å²) >= 11 is 0. The summed E-state index contributed by atoms with van der Waals surface area (Å²) in [6.45, 7) is 7.94. The van der Waals surface area contributed by atoms with Crippen molar-refractivity contribution in [2.45, 2.75) is 45.3 Å². The van der Waals surface area contributed by atoms with Crippen LogP contribution in [0.1, 0.15) is 32.3 Å². The van der Waals surface area contributed by atoms with Crippen LogP contribution in [0.3, 0.4) is 0 Å².